The quantitative estimate of drug-likeness (QED) is 0.816. The van der Waals surface area contributed by atoms with Gasteiger partial charge < -0.3 is 10.4 Å². The van der Waals surface area contributed by atoms with Crippen molar-refractivity contribution in [2.75, 3.05) is 5.32 Å². The van der Waals surface area contributed by atoms with Gasteiger partial charge in [0.2, 0.25) is 0 Å². The number of nitrogens with one attached hydrogen (secondary N) is 1. The van der Waals surface area contributed by atoms with E-state index in [2.05, 4.69) is 32.2 Å². The molecule has 0 amide bonds. The molecule has 1 aromatic rings. The van der Waals surface area contributed by atoms with Gasteiger partial charge in [0.05, 0.1) is 11.3 Å². The molecule has 2 N–H and O–H groups in total. The van der Waals surface area contributed by atoms with Crippen LogP contribution in [0.2, 0.25) is 0 Å². The summed E-state index contributed by atoms with van der Waals surface area (Å²) in [6, 6.07) is 6.07. The molecule has 0 aromatic heterocycles. The third-order valence-electron chi connectivity index (χ3n) is 5.36. The van der Waals surface area contributed by atoms with Gasteiger partial charge >= 0.3 is 5.97 Å². The number of para-hydroxylation sites is 1. The Hall–Kier alpha value is -1.51. The van der Waals surface area contributed by atoms with Crippen LogP contribution in [0.5, 0.6) is 0 Å². The van der Waals surface area contributed by atoms with E-state index in [1.807, 2.05) is 6.07 Å². The minimum absolute atomic E-state index is 0.0385. The molecule has 0 bridgehead atoms. The SMILES string of the molecule is C[C@@H]1CC[C@H]2[C@@H](C1)Nc1c(C(=O)O)cccc1C2(C)C. The molecule has 3 heteroatoms. The van der Waals surface area contributed by atoms with Gasteiger partial charge in [0.15, 0.2) is 0 Å². The van der Waals surface area contributed by atoms with Crippen molar-refractivity contribution in [2.24, 2.45) is 11.8 Å². The Kier molecular flexibility index (Phi) is 3.03. The van der Waals surface area contributed by atoms with Gasteiger partial charge in [0.25, 0.3) is 0 Å². The van der Waals surface area contributed by atoms with E-state index in [0.717, 1.165) is 23.6 Å². The van der Waals surface area contributed by atoms with Gasteiger partial charge in [-0.2, -0.15) is 0 Å². The van der Waals surface area contributed by atoms with Gasteiger partial charge in [0, 0.05) is 6.04 Å². The van der Waals surface area contributed by atoms with Crippen molar-refractivity contribution >= 4 is 11.7 Å². The predicted molar refractivity (Wildman–Crippen MR) is 80.3 cm³/mol. The molecule has 20 heavy (non-hydrogen) atoms. The summed E-state index contributed by atoms with van der Waals surface area (Å²) in [6.45, 7) is 6.83. The number of carboxylic acids is 1. The fraction of sp³-hybridized carbons (Fsp3) is 0.588. The summed E-state index contributed by atoms with van der Waals surface area (Å²) in [5.74, 6) is 0.473. The lowest BCUT2D eigenvalue weighted by molar-refractivity contribution is 0.0697. The second-order valence-electron chi connectivity index (χ2n) is 7.03. The van der Waals surface area contributed by atoms with Crippen molar-refractivity contribution in [1.82, 2.24) is 0 Å². The van der Waals surface area contributed by atoms with Crippen molar-refractivity contribution in [3.63, 3.8) is 0 Å². The van der Waals surface area contributed by atoms with E-state index in [4.69, 9.17) is 0 Å². The molecule has 3 atom stereocenters. The van der Waals surface area contributed by atoms with E-state index in [-0.39, 0.29) is 5.41 Å². The smallest absolute Gasteiger partial charge is 0.337 e. The standard InChI is InChI=1S/C17H23NO2/c1-10-7-8-12-14(9-10)18-15-11(16(19)20)5-4-6-13(15)17(12,2)3/h4-6,10,12,14,18H,7-9H2,1-3H3,(H,19,20)/t10-,12+,14-/m1/s1. The summed E-state index contributed by atoms with van der Waals surface area (Å²) in [4.78, 5) is 11.5. The molecule has 2 aliphatic rings. The van der Waals surface area contributed by atoms with Crippen LogP contribution in [0.1, 0.15) is 56.0 Å². The van der Waals surface area contributed by atoms with Crippen molar-refractivity contribution in [3.05, 3.63) is 29.3 Å². The maximum atomic E-state index is 11.5. The molecule has 0 unspecified atom stereocenters. The minimum atomic E-state index is -0.840. The average Bonchev–Trinajstić information content (AvgIpc) is 2.37. The number of hydrogen-bond donors (Lipinski definition) is 2. The van der Waals surface area contributed by atoms with Crippen LogP contribution in [-0.2, 0) is 5.41 Å². The fourth-order valence-electron chi connectivity index (χ4n) is 4.21. The Bertz CT molecular complexity index is 550. The van der Waals surface area contributed by atoms with Crippen LogP contribution in [0.3, 0.4) is 0 Å². The van der Waals surface area contributed by atoms with Gasteiger partial charge in [-0.15, -0.1) is 0 Å². The zero-order valence-corrected chi connectivity index (χ0v) is 12.4. The molecule has 0 spiro atoms. The highest BCUT2D eigenvalue weighted by Crippen LogP contribution is 2.49. The third-order valence-corrected chi connectivity index (χ3v) is 5.36. The lowest BCUT2D eigenvalue weighted by Gasteiger charge is -2.50. The predicted octanol–water partition coefficient (Wildman–Crippen LogP) is 3.89. The molecule has 1 aliphatic heterocycles. The molecule has 108 valence electrons. The number of aromatic carboxylic acids is 1. The summed E-state index contributed by atoms with van der Waals surface area (Å²) in [7, 11) is 0. The number of hydrogen-bond acceptors (Lipinski definition) is 2. The van der Waals surface area contributed by atoms with E-state index in [0.29, 0.717) is 17.5 Å². The van der Waals surface area contributed by atoms with E-state index < -0.39 is 5.97 Å². The molecule has 1 aromatic carbocycles. The zero-order chi connectivity index (χ0) is 14.5. The average molecular weight is 273 g/mol. The van der Waals surface area contributed by atoms with Crippen LogP contribution in [-0.4, -0.2) is 17.1 Å². The monoisotopic (exact) mass is 273 g/mol. The van der Waals surface area contributed by atoms with Crippen molar-refractivity contribution < 1.29 is 9.90 Å². The fourth-order valence-corrected chi connectivity index (χ4v) is 4.21. The first-order valence-corrected chi connectivity index (χ1v) is 7.54. The van der Waals surface area contributed by atoms with Gasteiger partial charge in [-0.1, -0.05) is 39.3 Å². The lowest BCUT2D eigenvalue weighted by atomic mass is 9.61. The van der Waals surface area contributed by atoms with E-state index >= 15 is 0 Å². The highest BCUT2D eigenvalue weighted by Gasteiger charge is 2.45. The van der Waals surface area contributed by atoms with Gasteiger partial charge in [-0.25, -0.2) is 4.79 Å². The second kappa shape index (κ2) is 4.51. The molecule has 0 saturated heterocycles. The first-order valence-electron chi connectivity index (χ1n) is 7.54. The number of fused-ring (bicyclic) bond motifs is 2. The van der Waals surface area contributed by atoms with Crippen molar-refractivity contribution in [3.8, 4) is 0 Å². The highest BCUT2D eigenvalue weighted by atomic mass is 16.4. The number of carbonyl (C=O) groups is 1. The maximum absolute atomic E-state index is 11.5. The first-order chi connectivity index (χ1) is 9.41. The van der Waals surface area contributed by atoms with Crippen LogP contribution >= 0.6 is 0 Å². The minimum Gasteiger partial charge on any atom is -0.478 e. The van der Waals surface area contributed by atoms with Crippen LogP contribution < -0.4 is 5.32 Å². The first kappa shape index (κ1) is 13.5. The highest BCUT2D eigenvalue weighted by molar-refractivity contribution is 5.95. The summed E-state index contributed by atoms with van der Waals surface area (Å²) in [5.41, 5.74) is 2.46. The second-order valence-corrected chi connectivity index (χ2v) is 7.03. The summed E-state index contributed by atoms with van der Waals surface area (Å²) < 4.78 is 0. The Labute approximate surface area is 120 Å². The number of anilines is 1. The Morgan fingerprint density at radius 3 is 2.80 bits per heavy atom. The van der Waals surface area contributed by atoms with E-state index in [1.54, 1.807) is 6.07 Å². The maximum Gasteiger partial charge on any atom is 0.337 e. The molecular weight excluding hydrogens is 250 g/mol. The Morgan fingerprint density at radius 2 is 2.10 bits per heavy atom. The molecule has 1 heterocycles. The molecule has 1 aliphatic carbocycles. The summed E-state index contributed by atoms with van der Waals surface area (Å²) in [5, 5.41) is 13.0. The Balaban J connectivity index is 2.11. The van der Waals surface area contributed by atoms with Gasteiger partial charge in [-0.05, 0) is 41.7 Å². The van der Waals surface area contributed by atoms with Gasteiger partial charge in [-0.3, -0.25) is 0 Å². The van der Waals surface area contributed by atoms with Crippen LogP contribution in [0.4, 0.5) is 5.69 Å². The van der Waals surface area contributed by atoms with Crippen molar-refractivity contribution in [1.29, 1.82) is 0 Å². The summed E-state index contributed by atoms with van der Waals surface area (Å²) >= 11 is 0. The normalized spacial score (nSPS) is 30.9. The number of benzene rings is 1. The molecular formula is C17H23NO2. The lowest BCUT2D eigenvalue weighted by Crippen LogP contribution is -2.49. The largest absolute Gasteiger partial charge is 0.478 e. The number of carboxylic acid groups (broad SMARTS) is 1. The molecule has 3 nitrogen and oxygen atoms in total. The molecule has 3 rings (SSSR count). The topological polar surface area (TPSA) is 49.3 Å². The third kappa shape index (κ3) is 1.91. The van der Waals surface area contributed by atoms with Crippen LogP contribution in [0.25, 0.3) is 0 Å². The van der Waals surface area contributed by atoms with E-state index in [1.165, 1.54) is 12.8 Å². The van der Waals surface area contributed by atoms with Crippen LogP contribution in [0, 0.1) is 11.8 Å². The number of rotatable bonds is 1. The summed E-state index contributed by atoms with van der Waals surface area (Å²) in [6.07, 6.45) is 3.64. The molecule has 1 saturated carbocycles. The van der Waals surface area contributed by atoms with Crippen LogP contribution in [0.15, 0.2) is 18.2 Å². The van der Waals surface area contributed by atoms with Crippen molar-refractivity contribution in [2.45, 2.75) is 51.5 Å². The van der Waals surface area contributed by atoms with E-state index in [9.17, 15) is 9.90 Å². The molecule has 1 fully saturated rings. The van der Waals surface area contributed by atoms with Gasteiger partial charge in [0.1, 0.15) is 0 Å². The zero-order valence-electron chi connectivity index (χ0n) is 12.4. The Morgan fingerprint density at radius 1 is 1.35 bits per heavy atom. The molecule has 0 radical (unpaired) electrons.